The average molecular weight is 284 g/mol. The largest absolute Gasteiger partial charge is 0.392 e. The molecule has 0 radical (unpaired) electrons. The van der Waals surface area contributed by atoms with Crippen molar-refractivity contribution in [2.75, 3.05) is 6.54 Å². The van der Waals surface area contributed by atoms with Gasteiger partial charge in [0.25, 0.3) is 0 Å². The van der Waals surface area contributed by atoms with Gasteiger partial charge in [-0.05, 0) is 27.2 Å². The summed E-state index contributed by atoms with van der Waals surface area (Å²) in [7, 11) is 0. The zero-order chi connectivity index (χ0) is 15.3. The molecule has 1 aromatic rings. The lowest BCUT2D eigenvalue weighted by atomic mass is 10.2. The zero-order valence-electron chi connectivity index (χ0n) is 12.8. The van der Waals surface area contributed by atoms with E-state index in [-0.39, 0.29) is 24.7 Å². The highest BCUT2D eigenvalue weighted by Gasteiger charge is 2.23. The fourth-order valence-electron chi connectivity index (χ4n) is 1.85. The van der Waals surface area contributed by atoms with E-state index < -0.39 is 6.10 Å². The van der Waals surface area contributed by atoms with Gasteiger partial charge < -0.3 is 19.8 Å². The predicted octanol–water partition coefficient (Wildman–Crippen LogP) is 1.63. The van der Waals surface area contributed by atoms with Crippen LogP contribution in [0.4, 0.5) is 4.79 Å². The monoisotopic (exact) mass is 284 g/mol. The van der Waals surface area contributed by atoms with Crippen LogP contribution >= 0.6 is 0 Å². The first kappa shape index (κ1) is 16.4. The molecule has 0 fully saturated rings. The van der Waals surface area contributed by atoms with Crippen molar-refractivity contribution in [3.8, 4) is 0 Å². The molecule has 114 valence electrons. The van der Waals surface area contributed by atoms with Crippen LogP contribution in [0.2, 0.25) is 0 Å². The molecule has 0 aliphatic carbocycles. The van der Waals surface area contributed by atoms with E-state index in [1.54, 1.807) is 18.7 Å². The molecule has 2 amide bonds. The summed E-state index contributed by atoms with van der Waals surface area (Å²) >= 11 is 0. The van der Waals surface area contributed by atoms with E-state index in [2.05, 4.69) is 15.5 Å². The van der Waals surface area contributed by atoms with Crippen LogP contribution in [0.1, 0.15) is 51.9 Å². The molecular formula is C13H24N4O3. The number of aliphatic hydroxyl groups excluding tert-OH is 1. The molecule has 20 heavy (non-hydrogen) atoms. The van der Waals surface area contributed by atoms with E-state index >= 15 is 0 Å². The molecule has 1 aromatic heterocycles. The number of amides is 2. The quantitative estimate of drug-likeness (QED) is 0.828. The van der Waals surface area contributed by atoms with Gasteiger partial charge in [0.2, 0.25) is 5.89 Å². The number of urea groups is 1. The van der Waals surface area contributed by atoms with Gasteiger partial charge in [0.15, 0.2) is 5.82 Å². The van der Waals surface area contributed by atoms with Crippen LogP contribution in [0.5, 0.6) is 0 Å². The highest BCUT2D eigenvalue weighted by atomic mass is 16.5. The minimum Gasteiger partial charge on any atom is -0.392 e. The lowest BCUT2D eigenvalue weighted by Gasteiger charge is -2.29. The number of rotatable bonds is 6. The first-order valence-electron chi connectivity index (χ1n) is 6.90. The van der Waals surface area contributed by atoms with E-state index in [4.69, 9.17) is 4.52 Å². The Hall–Kier alpha value is -1.63. The third-order valence-corrected chi connectivity index (χ3v) is 2.91. The second-order valence-corrected chi connectivity index (χ2v) is 5.18. The molecule has 7 nitrogen and oxygen atoms in total. The number of carbonyl (C=O) groups excluding carboxylic acids is 1. The first-order chi connectivity index (χ1) is 9.35. The summed E-state index contributed by atoms with van der Waals surface area (Å²) in [5.41, 5.74) is 0. The highest BCUT2D eigenvalue weighted by Crippen LogP contribution is 2.14. The van der Waals surface area contributed by atoms with Gasteiger partial charge in [0.05, 0.1) is 12.1 Å². The van der Waals surface area contributed by atoms with Gasteiger partial charge in [-0.25, -0.2) is 4.79 Å². The molecular weight excluding hydrogens is 260 g/mol. The Balaban J connectivity index is 2.74. The third-order valence-electron chi connectivity index (χ3n) is 2.91. The van der Waals surface area contributed by atoms with Crippen LogP contribution in [0.15, 0.2) is 4.52 Å². The highest BCUT2D eigenvalue weighted by molar-refractivity contribution is 5.75. The van der Waals surface area contributed by atoms with E-state index in [0.29, 0.717) is 18.1 Å². The van der Waals surface area contributed by atoms with Crippen molar-refractivity contribution in [1.82, 2.24) is 20.4 Å². The van der Waals surface area contributed by atoms with Crippen molar-refractivity contribution < 1.29 is 14.4 Å². The van der Waals surface area contributed by atoms with Gasteiger partial charge in [0, 0.05) is 19.5 Å². The Labute approximate surface area is 119 Å². The number of aliphatic hydroxyl groups is 1. The van der Waals surface area contributed by atoms with Gasteiger partial charge in [0.1, 0.15) is 0 Å². The van der Waals surface area contributed by atoms with Gasteiger partial charge in [-0.15, -0.1) is 0 Å². The van der Waals surface area contributed by atoms with Crippen molar-refractivity contribution in [2.24, 2.45) is 0 Å². The van der Waals surface area contributed by atoms with Crippen molar-refractivity contribution in [1.29, 1.82) is 0 Å². The minimum atomic E-state index is -0.573. The Kier molecular flexibility index (Phi) is 5.94. The molecule has 0 saturated carbocycles. The second kappa shape index (κ2) is 7.23. The first-order valence-corrected chi connectivity index (χ1v) is 6.90. The second-order valence-electron chi connectivity index (χ2n) is 5.18. The van der Waals surface area contributed by atoms with E-state index in [9.17, 15) is 9.90 Å². The van der Waals surface area contributed by atoms with Crippen LogP contribution in [-0.4, -0.2) is 44.9 Å². The normalized spacial score (nSPS) is 14.2. The molecule has 0 aliphatic heterocycles. The van der Waals surface area contributed by atoms with Gasteiger partial charge in [-0.3, -0.25) is 0 Å². The van der Waals surface area contributed by atoms with Crippen LogP contribution in [0.25, 0.3) is 0 Å². The zero-order valence-corrected chi connectivity index (χ0v) is 12.8. The molecule has 2 N–H and O–H groups in total. The maximum Gasteiger partial charge on any atom is 0.318 e. The van der Waals surface area contributed by atoms with Crippen LogP contribution in [0.3, 0.4) is 0 Å². The number of nitrogens with one attached hydrogen (secondary N) is 1. The summed E-state index contributed by atoms with van der Waals surface area (Å²) in [5.74, 6) is 0.941. The van der Waals surface area contributed by atoms with E-state index in [1.807, 2.05) is 20.8 Å². The summed E-state index contributed by atoms with van der Waals surface area (Å²) in [6.45, 7) is 9.39. The molecule has 1 rings (SSSR count). The van der Waals surface area contributed by atoms with Crippen molar-refractivity contribution in [2.45, 2.75) is 59.2 Å². The molecule has 0 aliphatic rings. The van der Waals surface area contributed by atoms with Crippen molar-refractivity contribution in [3.05, 3.63) is 11.7 Å². The van der Waals surface area contributed by atoms with Gasteiger partial charge in [-0.2, -0.15) is 4.98 Å². The fourth-order valence-corrected chi connectivity index (χ4v) is 1.85. The standard InChI is InChI=1S/C13H24N4O3/c1-6-11(12-14-10(5)20-16-12)15-13(19)17(8(2)3)7-9(4)18/h8-9,11,18H,6-7H2,1-5H3,(H,15,19). The van der Waals surface area contributed by atoms with E-state index in [1.165, 1.54) is 0 Å². The average Bonchev–Trinajstić information content (AvgIpc) is 2.78. The maximum absolute atomic E-state index is 12.3. The van der Waals surface area contributed by atoms with Gasteiger partial charge in [-0.1, -0.05) is 12.1 Å². The number of hydrogen-bond acceptors (Lipinski definition) is 5. The smallest absolute Gasteiger partial charge is 0.318 e. The topological polar surface area (TPSA) is 91.5 Å². The number of hydrogen-bond donors (Lipinski definition) is 2. The predicted molar refractivity (Wildman–Crippen MR) is 74.1 cm³/mol. The van der Waals surface area contributed by atoms with Crippen LogP contribution < -0.4 is 5.32 Å². The summed E-state index contributed by atoms with van der Waals surface area (Å²) in [6, 6.07) is -0.542. The summed E-state index contributed by atoms with van der Waals surface area (Å²) in [6.07, 6.45) is 0.0846. The van der Waals surface area contributed by atoms with Crippen LogP contribution in [-0.2, 0) is 0 Å². The third kappa shape index (κ3) is 4.48. The maximum atomic E-state index is 12.3. The Morgan fingerprint density at radius 1 is 1.45 bits per heavy atom. The lowest BCUT2D eigenvalue weighted by molar-refractivity contribution is 0.117. The van der Waals surface area contributed by atoms with Crippen molar-refractivity contribution >= 4 is 6.03 Å². The van der Waals surface area contributed by atoms with Gasteiger partial charge >= 0.3 is 6.03 Å². The van der Waals surface area contributed by atoms with Crippen LogP contribution in [0, 0.1) is 6.92 Å². The number of nitrogens with zero attached hydrogens (tertiary/aromatic N) is 3. The molecule has 0 spiro atoms. The summed E-state index contributed by atoms with van der Waals surface area (Å²) in [5, 5.41) is 16.2. The SMILES string of the molecule is CCC(NC(=O)N(CC(C)O)C(C)C)c1noc(C)n1. The van der Waals surface area contributed by atoms with E-state index in [0.717, 1.165) is 0 Å². The number of carbonyl (C=O) groups is 1. The fraction of sp³-hybridized carbons (Fsp3) is 0.769. The minimum absolute atomic E-state index is 0.00545. The summed E-state index contributed by atoms with van der Waals surface area (Å²) in [4.78, 5) is 18.0. The Morgan fingerprint density at radius 2 is 2.10 bits per heavy atom. The number of aromatic nitrogens is 2. The Bertz CT molecular complexity index is 431. The molecule has 0 aromatic carbocycles. The molecule has 1 heterocycles. The Morgan fingerprint density at radius 3 is 2.50 bits per heavy atom. The number of aryl methyl sites for hydroxylation is 1. The molecule has 0 bridgehead atoms. The molecule has 7 heteroatoms. The summed E-state index contributed by atoms with van der Waals surface area (Å²) < 4.78 is 4.94. The van der Waals surface area contributed by atoms with Crippen molar-refractivity contribution in [3.63, 3.8) is 0 Å². The molecule has 0 saturated heterocycles. The molecule has 2 atom stereocenters. The molecule has 2 unspecified atom stereocenters. The lowest BCUT2D eigenvalue weighted by Crippen LogP contribution is -2.48.